The second-order valence-electron chi connectivity index (χ2n) is 0. The topological polar surface area (TPSA) is 0 Å². The molecule has 0 aromatic carbocycles. The van der Waals surface area contributed by atoms with Crippen LogP contribution in [-0.2, 0) is 448 Å². The zero-order chi connectivity index (χ0) is 0. The van der Waals surface area contributed by atoms with Gasteiger partial charge in [-0.1, -0.05) is 0 Å². The first kappa shape index (κ1) is 240. The molecule has 0 aliphatic rings. The van der Waals surface area contributed by atoms with E-state index in [4.69, 9.17) is 0 Å². The number of hydrogen-bond acceptors (Lipinski definition) is 0. The Hall–Kier alpha value is 14.3. The van der Waals surface area contributed by atoms with Crippen LogP contribution in [0.5, 0.6) is 0 Å². The quantitative estimate of drug-likeness (QED) is 0.299. The summed E-state index contributed by atoms with van der Waals surface area (Å²) in [6.45, 7) is 0. The minimum atomic E-state index is 0. The van der Waals surface area contributed by atoms with Gasteiger partial charge in [-0.25, -0.2) is 0 Å². The summed E-state index contributed by atoms with van der Waals surface area (Å²) in [4.78, 5) is 0. The average molecular weight is 1500 g/mol. The largest absolute Gasteiger partial charge is 0 e. The van der Waals surface area contributed by atoms with Gasteiger partial charge in [0.05, 0.1) is 0 Å². The summed E-state index contributed by atoms with van der Waals surface area (Å²) in [5, 5.41) is 0. The fourth-order valence-electron chi connectivity index (χ4n) is 0. The maximum absolute atomic E-state index is 0. The van der Waals surface area contributed by atoms with Crippen LogP contribution >= 0.6 is 0 Å². The standard InChI is InChI=1S/23Zn. The summed E-state index contributed by atoms with van der Waals surface area (Å²) in [6, 6.07) is 0. The van der Waals surface area contributed by atoms with Gasteiger partial charge >= 0.3 is 0 Å². The van der Waals surface area contributed by atoms with Crippen molar-refractivity contribution in [1.82, 2.24) is 0 Å². The molecule has 46 valence electrons. The molecule has 0 heterocycles. The minimum absolute atomic E-state index is 0. The van der Waals surface area contributed by atoms with Crippen molar-refractivity contribution in [2.45, 2.75) is 0 Å². The zero-order valence-electron chi connectivity index (χ0n) is 16.3. The maximum atomic E-state index is 0. The van der Waals surface area contributed by atoms with Crippen molar-refractivity contribution in [2.24, 2.45) is 0 Å². The zero-order valence-corrected chi connectivity index (χ0v) is 84.5. The van der Waals surface area contributed by atoms with Crippen molar-refractivity contribution in [3.05, 3.63) is 0 Å². The van der Waals surface area contributed by atoms with Crippen molar-refractivity contribution < 1.29 is 448 Å². The fraction of sp³-hybridized carbons (Fsp3) is 0. The molecular weight excluding hydrogens is 1500 g/mol. The Morgan fingerprint density at radius 2 is 0.0435 bits per heavy atom. The first-order valence-electron chi connectivity index (χ1n) is 0. The van der Waals surface area contributed by atoms with Crippen LogP contribution < -0.4 is 0 Å². The third-order valence-corrected chi connectivity index (χ3v) is 0. The Morgan fingerprint density at radius 1 is 0.0435 bits per heavy atom. The molecule has 0 unspecified atom stereocenters. The predicted octanol–water partition coefficient (Wildman–Crippen LogP) is -0.0575. The van der Waals surface area contributed by atoms with Crippen molar-refractivity contribution in [3.8, 4) is 0 Å². The molecule has 0 N–H and O–H groups in total. The number of hydrogen-bond donors (Lipinski definition) is 0. The van der Waals surface area contributed by atoms with Crippen LogP contribution in [0.1, 0.15) is 0 Å². The monoisotopic (exact) mass is 1470 g/mol. The summed E-state index contributed by atoms with van der Waals surface area (Å²) >= 11 is 0. The Balaban J connectivity index is 0. The first-order chi connectivity index (χ1) is 0. The van der Waals surface area contributed by atoms with Gasteiger partial charge in [0.25, 0.3) is 0 Å². The van der Waals surface area contributed by atoms with Crippen molar-refractivity contribution >= 4 is 0 Å². The molecule has 0 saturated heterocycles. The molecule has 0 aliphatic carbocycles. The minimum Gasteiger partial charge on any atom is 0 e. The van der Waals surface area contributed by atoms with E-state index in [0.717, 1.165) is 0 Å². The normalized spacial score (nSPS) is 0. The van der Waals surface area contributed by atoms with E-state index in [9.17, 15) is 0 Å². The molecule has 23 heteroatoms. The van der Waals surface area contributed by atoms with E-state index in [1.165, 1.54) is 0 Å². The summed E-state index contributed by atoms with van der Waals surface area (Å²) in [5.74, 6) is 0. The summed E-state index contributed by atoms with van der Waals surface area (Å²) in [5.41, 5.74) is 0. The summed E-state index contributed by atoms with van der Waals surface area (Å²) < 4.78 is 0. The molecule has 0 saturated carbocycles. The van der Waals surface area contributed by atoms with E-state index in [1.807, 2.05) is 0 Å². The first-order valence-corrected chi connectivity index (χ1v) is 0. The van der Waals surface area contributed by atoms with Gasteiger partial charge in [0.1, 0.15) is 0 Å². The molecule has 0 nitrogen and oxygen atoms in total. The van der Waals surface area contributed by atoms with E-state index < -0.39 is 0 Å². The molecule has 0 fully saturated rings. The molecule has 0 aromatic rings. The SMILES string of the molecule is [Zn].[Zn].[Zn].[Zn].[Zn].[Zn].[Zn].[Zn].[Zn].[Zn].[Zn].[Zn].[Zn].[Zn].[Zn].[Zn].[Zn].[Zn].[Zn].[Zn].[Zn].[Zn].[Zn]. The average Bonchev–Trinajstić information content (AvgIpc) is 0. The maximum Gasteiger partial charge on any atom is 0 e. The Labute approximate surface area is 436 Å². The van der Waals surface area contributed by atoms with Gasteiger partial charge in [0.2, 0.25) is 0 Å². The van der Waals surface area contributed by atoms with Crippen molar-refractivity contribution in [3.63, 3.8) is 0 Å². The van der Waals surface area contributed by atoms with Crippen LogP contribution in [0.2, 0.25) is 0 Å². The molecule has 0 rings (SSSR count). The van der Waals surface area contributed by atoms with Gasteiger partial charge < -0.3 is 0 Å². The van der Waals surface area contributed by atoms with E-state index in [-0.39, 0.29) is 448 Å². The Morgan fingerprint density at radius 3 is 0.0435 bits per heavy atom. The van der Waals surface area contributed by atoms with E-state index >= 15 is 0 Å². The molecule has 0 amide bonds. The molecule has 0 aromatic heterocycles. The van der Waals surface area contributed by atoms with Gasteiger partial charge in [0.15, 0.2) is 0 Å². The summed E-state index contributed by atoms with van der Waals surface area (Å²) in [6.07, 6.45) is 0. The molecule has 0 radical (unpaired) electrons. The van der Waals surface area contributed by atoms with E-state index in [1.54, 1.807) is 0 Å². The third-order valence-electron chi connectivity index (χ3n) is 0. The summed E-state index contributed by atoms with van der Waals surface area (Å²) in [7, 11) is 0. The molecule has 0 spiro atoms. The fourth-order valence-corrected chi connectivity index (χ4v) is 0. The second kappa shape index (κ2) is 221. The van der Waals surface area contributed by atoms with Crippen LogP contribution in [-0.4, -0.2) is 0 Å². The van der Waals surface area contributed by atoms with E-state index in [2.05, 4.69) is 0 Å². The van der Waals surface area contributed by atoms with Crippen LogP contribution in [0.15, 0.2) is 0 Å². The van der Waals surface area contributed by atoms with Gasteiger partial charge in [-0.05, 0) is 0 Å². The number of rotatable bonds is 0. The predicted molar refractivity (Wildman–Crippen MR) is 0 cm³/mol. The van der Waals surface area contributed by atoms with Gasteiger partial charge in [-0.2, -0.15) is 0 Å². The molecule has 23 heavy (non-hydrogen) atoms. The molecule has 0 atom stereocenters. The van der Waals surface area contributed by atoms with Crippen LogP contribution in [0.25, 0.3) is 0 Å². The van der Waals surface area contributed by atoms with Crippen LogP contribution in [0.4, 0.5) is 0 Å². The molecule has 0 bridgehead atoms. The van der Waals surface area contributed by atoms with Crippen molar-refractivity contribution in [1.29, 1.82) is 0 Å². The van der Waals surface area contributed by atoms with Gasteiger partial charge in [0, 0.05) is 448 Å². The molecule has 0 aliphatic heterocycles. The molecular formula is Zn23. The van der Waals surface area contributed by atoms with Gasteiger partial charge in [-0.3, -0.25) is 0 Å². The smallest absolute Gasteiger partial charge is 0 e. The van der Waals surface area contributed by atoms with E-state index in [0.29, 0.717) is 0 Å². The second-order valence-corrected chi connectivity index (χ2v) is 0. The van der Waals surface area contributed by atoms with Gasteiger partial charge in [-0.15, -0.1) is 0 Å². The Bertz CT molecular complexity index is 0. The Kier molecular flexibility index (Phi) is 2300. The van der Waals surface area contributed by atoms with Crippen LogP contribution in [0, 0.1) is 0 Å². The van der Waals surface area contributed by atoms with Crippen molar-refractivity contribution in [2.75, 3.05) is 0 Å². The van der Waals surface area contributed by atoms with Crippen LogP contribution in [0.3, 0.4) is 0 Å². The third kappa shape index (κ3) is 208.